The number of likely N-dealkylation sites (N-methyl/N-ethyl adjacent to an activating group) is 2. The zero-order chi connectivity index (χ0) is 17.1. The number of nitrogens with one attached hydrogen (secondary N) is 2. The van der Waals surface area contributed by atoms with E-state index in [0.29, 0.717) is 12.1 Å². The molecule has 1 amide bonds. The van der Waals surface area contributed by atoms with Crippen molar-refractivity contribution in [3.8, 4) is 0 Å². The van der Waals surface area contributed by atoms with E-state index in [0.717, 1.165) is 38.8 Å². The molecule has 0 spiro atoms. The van der Waals surface area contributed by atoms with Crippen molar-refractivity contribution in [2.24, 2.45) is 0 Å². The Kier molecular flexibility index (Phi) is 5.54. The zero-order valence-corrected chi connectivity index (χ0v) is 15.1. The summed E-state index contributed by atoms with van der Waals surface area (Å²) in [4.78, 5) is 17.0. The monoisotopic (exact) mass is 330 g/mol. The van der Waals surface area contributed by atoms with Crippen molar-refractivity contribution in [2.75, 3.05) is 20.6 Å². The number of hydrogen-bond donors (Lipinski definition) is 2. The Hall–Kier alpha value is -1.43. The van der Waals surface area contributed by atoms with Gasteiger partial charge in [0.25, 0.3) is 0 Å². The molecule has 1 saturated heterocycles. The smallest absolute Gasteiger partial charge is 0.240 e. The first kappa shape index (κ1) is 17.4. The molecule has 1 aromatic carbocycles. The van der Waals surface area contributed by atoms with Crippen molar-refractivity contribution in [1.82, 2.24) is 20.7 Å². The SMILES string of the molecule is CCCC1CC(C(=O)N(C)CC2Cc3ccccc3CN2C)NN1. The lowest BCUT2D eigenvalue weighted by Crippen LogP contribution is -2.50. The van der Waals surface area contributed by atoms with Gasteiger partial charge in [-0.3, -0.25) is 15.1 Å². The highest BCUT2D eigenvalue weighted by molar-refractivity contribution is 5.82. The van der Waals surface area contributed by atoms with Gasteiger partial charge >= 0.3 is 0 Å². The van der Waals surface area contributed by atoms with Gasteiger partial charge < -0.3 is 4.90 Å². The maximum absolute atomic E-state index is 12.7. The lowest BCUT2D eigenvalue weighted by atomic mass is 9.94. The van der Waals surface area contributed by atoms with Crippen molar-refractivity contribution in [3.63, 3.8) is 0 Å². The first-order valence-corrected chi connectivity index (χ1v) is 9.11. The summed E-state index contributed by atoms with van der Waals surface area (Å²) in [7, 11) is 4.09. The summed E-state index contributed by atoms with van der Waals surface area (Å²) in [6.45, 7) is 3.92. The van der Waals surface area contributed by atoms with Gasteiger partial charge in [-0.1, -0.05) is 37.6 Å². The summed E-state index contributed by atoms with van der Waals surface area (Å²) in [5.74, 6) is 0.202. The number of hydrazine groups is 1. The maximum Gasteiger partial charge on any atom is 0.240 e. The minimum atomic E-state index is -0.0901. The molecule has 5 heteroatoms. The molecular formula is C19H30N4O. The van der Waals surface area contributed by atoms with Crippen LogP contribution in [0.3, 0.4) is 0 Å². The van der Waals surface area contributed by atoms with Crippen LogP contribution in [-0.2, 0) is 17.8 Å². The van der Waals surface area contributed by atoms with E-state index in [4.69, 9.17) is 0 Å². The third kappa shape index (κ3) is 3.79. The Bertz CT molecular complexity index is 576. The maximum atomic E-state index is 12.7. The van der Waals surface area contributed by atoms with Crippen LogP contribution in [-0.4, -0.2) is 54.5 Å². The predicted molar refractivity (Wildman–Crippen MR) is 96.4 cm³/mol. The second kappa shape index (κ2) is 7.64. The van der Waals surface area contributed by atoms with Crippen molar-refractivity contribution >= 4 is 5.91 Å². The number of amides is 1. The van der Waals surface area contributed by atoms with E-state index in [1.54, 1.807) is 0 Å². The summed E-state index contributed by atoms with van der Waals surface area (Å²) in [5, 5.41) is 0. The van der Waals surface area contributed by atoms with E-state index in [-0.39, 0.29) is 11.9 Å². The summed E-state index contributed by atoms with van der Waals surface area (Å²) in [6.07, 6.45) is 4.16. The van der Waals surface area contributed by atoms with E-state index < -0.39 is 0 Å². The van der Waals surface area contributed by atoms with Crippen LogP contribution in [0, 0.1) is 0 Å². The molecule has 0 radical (unpaired) electrons. The minimum absolute atomic E-state index is 0.0901. The number of nitrogens with zero attached hydrogens (tertiary/aromatic N) is 2. The number of fused-ring (bicyclic) bond motifs is 1. The number of carbonyl (C=O) groups excluding carboxylic acids is 1. The number of benzene rings is 1. The predicted octanol–water partition coefficient (Wildman–Crippen LogP) is 1.54. The lowest BCUT2D eigenvalue weighted by Gasteiger charge is -2.36. The first-order valence-electron chi connectivity index (χ1n) is 9.11. The molecule has 0 aromatic heterocycles. The topological polar surface area (TPSA) is 47.6 Å². The van der Waals surface area contributed by atoms with Crippen LogP contribution in [0.25, 0.3) is 0 Å². The van der Waals surface area contributed by atoms with E-state index in [2.05, 4.69) is 54.0 Å². The van der Waals surface area contributed by atoms with Gasteiger partial charge in [-0.05, 0) is 37.4 Å². The van der Waals surface area contributed by atoms with Crippen LogP contribution in [0.1, 0.15) is 37.3 Å². The van der Waals surface area contributed by atoms with E-state index >= 15 is 0 Å². The van der Waals surface area contributed by atoms with Gasteiger partial charge in [-0.25, -0.2) is 5.43 Å². The molecule has 2 aliphatic rings. The third-order valence-electron chi connectivity index (χ3n) is 5.39. The highest BCUT2D eigenvalue weighted by atomic mass is 16.2. The second-order valence-electron chi connectivity index (χ2n) is 7.32. The Balaban J connectivity index is 1.57. The Morgan fingerprint density at radius 1 is 1.29 bits per heavy atom. The molecule has 1 aromatic rings. The Morgan fingerprint density at radius 2 is 2.04 bits per heavy atom. The van der Waals surface area contributed by atoms with E-state index in [1.807, 2.05) is 11.9 Å². The summed E-state index contributed by atoms with van der Waals surface area (Å²) in [5.41, 5.74) is 9.28. The Labute approximate surface area is 145 Å². The molecule has 132 valence electrons. The normalized spacial score (nSPS) is 27.0. The van der Waals surface area contributed by atoms with Crippen molar-refractivity contribution in [1.29, 1.82) is 0 Å². The lowest BCUT2D eigenvalue weighted by molar-refractivity contribution is -0.132. The fraction of sp³-hybridized carbons (Fsp3) is 0.632. The van der Waals surface area contributed by atoms with Gasteiger partial charge in [0.1, 0.15) is 6.04 Å². The molecule has 1 fully saturated rings. The van der Waals surface area contributed by atoms with Crippen LogP contribution >= 0.6 is 0 Å². The van der Waals surface area contributed by atoms with Gasteiger partial charge in [-0.2, -0.15) is 0 Å². The van der Waals surface area contributed by atoms with Gasteiger partial charge in [-0.15, -0.1) is 0 Å². The number of carbonyl (C=O) groups is 1. The molecule has 24 heavy (non-hydrogen) atoms. The summed E-state index contributed by atoms with van der Waals surface area (Å²) in [6, 6.07) is 9.35. The first-order chi connectivity index (χ1) is 11.6. The van der Waals surface area contributed by atoms with Gasteiger partial charge in [0.2, 0.25) is 5.91 Å². The van der Waals surface area contributed by atoms with Crippen LogP contribution in [0.15, 0.2) is 24.3 Å². The van der Waals surface area contributed by atoms with Crippen LogP contribution in [0.4, 0.5) is 0 Å². The second-order valence-corrected chi connectivity index (χ2v) is 7.32. The van der Waals surface area contributed by atoms with Crippen LogP contribution < -0.4 is 10.9 Å². The van der Waals surface area contributed by atoms with Crippen molar-refractivity contribution in [2.45, 2.75) is 57.3 Å². The van der Waals surface area contributed by atoms with E-state index in [9.17, 15) is 4.79 Å². The van der Waals surface area contributed by atoms with Gasteiger partial charge in [0.15, 0.2) is 0 Å². The summed E-state index contributed by atoms with van der Waals surface area (Å²) >= 11 is 0. The quantitative estimate of drug-likeness (QED) is 0.860. The molecule has 0 aliphatic carbocycles. The van der Waals surface area contributed by atoms with Gasteiger partial charge in [0.05, 0.1) is 0 Å². The third-order valence-corrected chi connectivity index (χ3v) is 5.39. The van der Waals surface area contributed by atoms with Gasteiger partial charge in [0, 0.05) is 32.2 Å². The fourth-order valence-electron chi connectivity index (χ4n) is 3.92. The highest BCUT2D eigenvalue weighted by Crippen LogP contribution is 2.22. The van der Waals surface area contributed by atoms with Crippen molar-refractivity contribution < 1.29 is 4.79 Å². The summed E-state index contributed by atoms with van der Waals surface area (Å²) < 4.78 is 0. The molecule has 0 saturated carbocycles. The standard InChI is InChI=1S/C19H30N4O/c1-4-7-16-11-18(21-20-16)19(24)23(3)13-17-10-14-8-5-6-9-15(14)12-22(17)2/h5-6,8-9,16-18,20-21H,4,7,10-13H2,1-3H3. The number of hydrogen-bond acceptors (Lipinski definition) is 4. The molecule has 3 unspecified atom stereocenters. The fourth-order valence-corrected chi connectivity index (χ4v) is 3.92. The van der Waals surface area contributed by atoms with Crippen LogP contribution in [0.5, 0.6) is 0 Å². The minimum Gasteiger partial charge on any atom is -0.343 e. The largest absolute Gasteiger partial charge is 0.343 e. The van der Waals surface area contributed by atoms with Crippen LogP contribution in [0.2, 0.25) is 0 Å². The zero-order valence-electron chi connectivity index (χ0n) is 15.1. The molecular weight excluding hydrogens is 300 g/mol. The molecule has 2 aliphatic heterocycles. The molecule has 3 atom stereocenters. The number of rotatable bonds is 5. The average molecular weight is 330 g/mol. The van der Waals surface area contributed by atoms with E-state index in [1.165, 1.54) is 11.1 Å². The molecule has 3 rings (SSSR count). The molecule has 5 nitrogen and oxygen atoms in total. The highest BCUT2D eigenvalue weighted by Gasteiger charge is 2.32. The molecule has 0 bridgehead atoms. The molecule has 2 N–H and O–H groups in total. The van der Waals surface area contributed by atoms with Crippen molar-refractivity contribution in [3.05, 3.63) is 35.4 Å². The Morgan fingerprint density at radius 3 is 2.79 bits per heavy atom. The average Bonchev–Trinajstić information content (AvgIpc) is 3.03. The molecule has 2 heterocycles.